The molecule has 0 bridgehead atoms. The number of hydrogen-bond acceptors (Lipinski definition) is 3. The van der Waals surface area contributed by atoms with Gasteiger partial charge in [-0.2, -0.15) is 5.10 Å². The third-order valence-electron chi connectivity index (χ3n) is 3.95. The van der Waals surface area contributed by atoms with Gasteiger partial charge < -0.3 is 5.32 Å². The van der Waals surface area contributed by atoms with Crippen LogP contribution < -0.4 is 10.9 Å². The minimum atomic E-state index is -0.254. The van der Waals surface area contributed by atoms with Gasteiger partial charge in [-0.1, -0.05) is 22.4 Å². The number of aromatic nitrogens is 2. The topological polar surface area (TPSA) is 64.0 Å². The van der Waals surface area contributed by atoms with Gasteiger partial charge in [-0.05, 0) is 55.5 Å². The molecule has 1 heterocycles. The minimum Gasteiger partial charge on any atom is -0.324 e. The molecule has 120 valence electrons. The van der Waals surface area contributed by atoms with E-state index in [1.54, 1.807) is 18.2 Å². The van der Waals surface area contributed by atoms with Crippen molar-refractivity contribution in [1.82, 2.24) is 9.78 Å². The Morgan fingerprint density at radius 1 is 1.17 bits per heavy atom. The predicted molar refractivity (Wildman–Crippen MR) is 92.5 cm³/mol. The predicted octanol–water partition coefficient (Wildman–Crippen LogP) is 2.91. The van der Waals surface area contributed by atoms with Crippen molar-refractivity contribution < 1.29 is 4.79 Å². The van der Waals surface area contributed by atoms with E-state index in [2.05, 4.69) is 26.3 Å². The molecule has 1 aromatic heterocycles. The van der Waals surface area contributed by atoms with Gasteiger partial charge in [0.25, 0.3) is 5.56 Å². The maximum Gasteiger partial charge on any atom is 0.267 e. The summed E-state index contributed by atoms with van der Waals surface area (Å²) in [6.07, 6.45) is 5.13. The Labute approximate surface area is 142 Å². The first-order chi connectivity index (χ1) is 11.1. The molecule has 2 aromatic rings. The maximum atomic E-state index is 12.2. The maximum absolute atomic E-state index is 12.2. The summed E-state index contributed by atoms with van der Waals surface area (Å²) in [5.74, 6) is -0.254. The molecule has 0 saturated heterocycles. The summed E-state index contributed by atoms with van der Waals surface area (Å²) in [6.45, 7) is -0.0673. The second-order valence-electron chi connectivity index (χ2n) is 5.73. The van der Waals surface area contributed by atoms with Crippen LogP contribution in [0.1, 0.15) is 30.5 Å². The lowest BCUT2D eigenvalue weighted by molar-refractivity contribution is -0.117. The van der Waals surface area contributed by atoms with Crippen molar-refractivity contribution >= 4 is 27.5 Å². The SMILES string of the molecule is O=C(Cn1nc2c(cc1=O)CCCCC2)Nc1ccc(Br)cc1. The van der Waals surface area contributed by atoms with Crippen molar-refractivity contribution in [2.45, 2.75) is 38.6 Å². The number of amides is 1. The second kappa shape index (κ2) is 7.08. The van der Waals surface area contributed by atoms with E-state index in [4.69, 9.17) is 0 Å². The van der Waals surface area contributed by atoms with Crippen LogP contribution >= 0.6 is 15.9 Å². The van der Waals surface area contributed by atoms with Gasteiger partial charge in [-0.15, -0.1) is 0 Å². The van der Waals surface area contributed by atoms with E-state index < -0.39 is 0 Å². The largest absolute Gasteiger partial charge is 0.324 e. The summed E-state index contributed by atoms with van der Waals surface area (Å²) in [5, 5.41) is 7.18. The number of nitrogens with one attached hydrogen (secondary N) is 1. The van der Waals surface area contributed by atoms with Crippen LogP contribution in [0.2, 0.25) is 0 Å². The number of aryl methyl sites for hydroxylation is 2. The fraction of sp³-hybridized carbons (Fsp3) is 0.353. The van der Waals surface area contributed by atoms with Crippen LogP contribution in [-0.2, 0) is 24.2 Å². The zero-order chi connectivity index (χ0) is 16.2. The Hall–Kier alpha value is -1.95. The van der Waals surface area contributed by atoms with E-state index in [9.17, 15) is 9.59 Å². The van der Waals surface area contributed by atoms with Crippen molar-refractivity contribution in [2.75, 3.05) is 5.32 Å². The Balaban J connectivity index is 1.74. The zero-order valence-corrected chi connectivity index (χ0v) is 14.3. The number of hydrogen-bond donors (Lipinski definition) is 1. The lowest BCUT2D eigenvalue weighted by Gasteiger charge is -2.10. The Kier molecular flexibility index (Phi) is 4.91. The fourth-order valence-corrected chi connectivity index (χ4v) is 3.03. The van der Waals surface area contributed by atoms with Gasteiger partial charge in [0.05, 0.1) is 5.69 Å². The van der Waals surface area contributed by atoms with E-state index in [1.165, 1.54) is 4.68 Å². The van der Waals surface area contributed by atoms with Crippen molar-refractivity contribution in [3.63, 3.8) is 0 Å². The highest BCUT2D eigenvalue weighted by molar-refractivity contribution is 9.10. The van der Waals surface area contributed by atoms with E-state index in [0.29, 0.717) is 5.69 Å². The number of nitrogens with zero attached hydrogens (tertiary/aromatic N) is 2. The third-order valence-corrected chi connectivity index (χ3v) is 4.47. The van der Waals surface area contributed by atoms with E-state index in [1.807, 2.05) is 12.1 Å². The zero-order valence-electron chi connectivity index (χ0n) is 12.7. The summed E-state index contributed by atoms with van der Waals surface area (Å²) in [4.78, 5) is 24.3. The monoisotopic (exact) mass is 375 g/mol. The average molecular weight is 376 g/mol. The molecule has 0 radical (unpaired) electrons. The summed E-state index contributed by atoms with van der Waals surface area (Å²) in [7, 11) is 0. The molecule has 0 spiro atoms. The Morgan fingerprint density at radius 3 is 2.70 bits per heavy atom. The fourth-order valence-electron chi connectivity index (χ4n) is 2.76. The molecule has 6 heteroatoms. The van der Waals surface area contributed by atoms with Gasteiger partial charge >= 0.3 is 0 Å². The number of fused-ring (bicyclic) bond motifs is 1. The Morgan fingerprint density at radius 2 is 1.91 bits per heavy atom. The molecule has 0 unspecified atom stereocenters. The Bertz CT molecular complexity index is 768. The smallest absolute Gasteiger partial charge is 0.267 e. The van der Waals surface area contributed by atoms with Gasteiger partial charge in [-0.3, -0.25) is 9.59 Å². The molecule has 0 saturated carbocycles. The third kappa shape index (κ3) is 4.07. The standard InChI is InChI=1S/C17H18BrN3O2/c18-13-6-8-14(9-7-13)19-16(22)11-21-17(23)10-12-4-2-1-3-5-15(12)20-21/h6-10H,1-5,11H2,(H,19,22). The quantitative estimate of drug-likeness (QED) is 0.838. The van der Waals surface area contributed by atoms with Crippen molar-refractivity contribution in [3.8, 4) is 0 Å². The normalized spacial score (nSPS) is 14.0. The molecule has 0 aliphatic heterocycles. The first-order valence-electron chi connectivity index (χ1n) is 7.77. The summed E-state index contributed by atoms with van der Waals surface area (Å²) < 4.78 is 2.21. The van der Waals surface area contributed by atoms with Crippen LogP contribution in [0, 0.1) is 0 Å². The number of benzene rings is 1. The van der Waals surface area contributed by atoms with Crippen LogP contribution in [0.3, 0.4) is 0 Å². The van der Waals surface area contributed by atoms with Gasteiger partial charge in [0, 0.05) is 16.2 Å². The van der Waals surface area contributed by atoms with Crippen LogP contribution in [0.5, 0.6) is 0 Å². The first-order valence-corrected chi connectivity index (χ1v) is 8.56. The van der Waals surface area contributed by atoms with Gasteiger partial charge in [0.2, 0.25) is 5.91 Å². The molecular formula is C17H18BrN3O2. The minimum absolute atomic E-state index is 0.0673. The van der Waals surface area contributed by atoms with Crippen LogP contribution in [0.25, 0.3) is 0 Å². The second-order valence-corrected chi connectivity index (χ2v) is 6.64. The number of carbonyl (C=O) groups excluding carboxylic acids is 1. The lowest BCUT2D eigenvalue weighted by Crippen LogP contribution is -2.30. The van der Waals surface area contributed by atoms with Crippen LogP contribution in [0.15, 0.2) is 39.6 Å². The number of anilines is 1. The first kappa shape index (κ1) is 15.9. The molecule has 1 aliphatic carbocycles. The number of halogens is 1. The van der Waals surface area contributed by atoms with Gasteiger partial charge in [-0.25, -0.2) is 4.68 Å². The molecule has 0 fully saturated rings. The van der Waals surface area contributed by atoms with E-state index in [-0.39, 0.29) is 18.0 Å². The van der Waals surface area contributed by atoms with Crippen LogP contribution in [-0.4, -0.2) is 15.7 Å². The molecule has 1 N–H and O–H groups in total. The summed E-state index contributed by atoms with van der Waals surface area (Å²) in [6, 6.07) is 8.94. The van der Waals surface area contributed by atoms with Gasteiger partial charge in [0.15, 0.2) is 0 Å². The molecule has 1 aliphatic rings. The molecule has 3 rings (SSSR count). The molecular weight excluding hydrogens is 358 g/mol. The highest BCUT2D eigenvalue weighted by Gasteiger charge is 2.14. The molecule has 0 atom stereocenters. The van der Waals surface area contributed by atoms with Crippen LogP contribution in [0.4, 0.5) is 5.69 Å². The molecule has 23 heavy (non-hydrogen) atoms. The van der Waals surface area contributed by atoms with E-state index >= 15 is 0 Å². The highest BCUT2D eigenvalue weighted by atomic mass is 79.9. The van der Waals surface area contributed by atoms with Crippen molar-refractivity contribution in [1.29, 1.82) is 0 Å². The van der Waals surface area contributed by atoms with E-state index in [0.717, 1.165) is 47.8 Å². The summed E-state index contributed by atoms with van der Waals surface area (Å²) in [5.41, 5.74) is 2.48. The van der Waals surface area contributed by atoms with Crippen molar-refractivity contribution in [2.24, 2.45) is 0 Å². The average Bonchev–Trinajstić information content (AvgIpc) is 2.75. The lowest BCUT2D eigenvalue weighted by atomic mass is 10.1. The van der Waals surface area contributed by atoms with Crippen molar-refractivity contribution in [3.05, 3.63) is 56.4 Å². The molecule has 5 nitrogen and oxygen atoms in total. The number of carbonyl (C=O) groups is 1. The molecule has 1 amide bonds. The van der Waals surface area contributed by atoms with Gasteiger partial charge in [0.1, 0.15) is 6.54 Å². The summed E-state index contributed by atoms with van der Waals surface area (Å²) >= 11 is 3.35. The highest BCUT2D eigenvalue weighted by Crippen LogP contribution is 2.17. The number of rotatable bonds is 3. The molecule has 1 aromatic carbocycles.